The summed E-state index contributed by atoms with van der Waals surface area (Å²) < 4.78 is 11.1. The Morgan fingerprint density at radius 1 is 1.33 bits per heavy atom. The van der Waals surface area contributed by atoms with Gasteiger partial charge < -0.3 is 15.1 Å². The molecule has 0 saturated carbocycles. The van der Waals surface area contributed by atoms with Crippen molar-refractivity contribution in [2.75, 3.05) is 26.3 Å². The molecule has 0 bridgehead atoms. The Morgan fingerprint density at radius 3 is 2.86 bits per heavy atom. The average Bonchev–Trinajstić information content (AvgIpc) is 3.04. The Hall–Kier alpha value is -1.51. The van der Waals surface area contributed by atoms with E-state index in [0.29, 0.717) is 56.2 Å². The molecule has 0 amide bonds. The number of ether oxygens (including phenoxy) is 1. The summed E-state index contributed by atoms with van der Waals surface area (Å²) in [5, 5.41) is 31.7. The molecule has 0 radical (unpaired) electrons. The van der Waals surface area contributed by atoms with Gasteiger partial charge in [0, 0.05) is 25.9 Å². The van der Waals surface area contributed by atoms with E-state index in [0.717, 1.165) is 4.74 Å². The third kappa shape index (κ3) is 1.63. The average molecular weight is 294 g/mol. The number of rotatable bonds is 1. The van der Waals surface area contributed by atoms with Crippen LogP contribution in [0.3, 0.4) is 0 Å². The van der Waals surface area contributed by atoms with Crippen LogP contribution in [0.15, 0.2) is 4.63 Å². The molecule has 1 N–H and O–H groups in total. The topological polar surface area (TPSA) is 97.7 Å². The van der Waals surface area contributed by atoms with Crippen LogP contribution in [0.1, 0.15) is 24.7 Å². The van der Waals surface area contributed by atoms with Gasteiger partial charge in [0.05, 0.1) is 19.1 Å². The van der Waals surface area contributed by atoms with E-state index in [1.54, 1.807) is 0 Å². The van der Waals surface area contributed by atoms with Gasteiger partial charge in [0.15, 0.2) is 5.69 Å². The van der Waals surface area contributed by atoms with Crippen molar-refractivity contribution in [2.24, 2.45) is 5.92 Å². The van der Waals surface area contributed by atoms with Crippen LogP contribution in [-0.2, 0) is 16.8 Å². The molecule has 0 unspecified atom stereocenters. The summed E-state index contributed by atoms with van der Waals surface area (Å²) in [4.78, 5) is 2.08. The highest BCUT2D eigenvalue weighted by atomic mass is 16.6. The van der Waals surface area contributed by atoms with Crippen LogP contribution < -0.4 is 0 Å². The van der Waals surface area contributed by atoms with E-state index >= 15 is 0 Å². The van der Waals surface area contributed by atoms with Crippen molar-refractivity contribution in [3.05, 3.63) is 16.6 Å². The van der Waals surface area contributed by atoms with E-state index in [-0.39, 0.29) is 5.92 Å². The molecule has 21 heavy (non-hydrogen) atoms. The van der Waals surface area contributed by atoms with Crippen molar-refractivity contribution in [1.82, 2.24) is 15.2 Å². The van der Waals surface area contributed by atoms with Crippen molar-refractivity contribution in [2.45, 2.75) is 31.5 Å². The van der Waals surface area contributed by atoms with Crippen molar-refractivity contribution in [3.63, 3.8) is 0 Å². The van der Waals surface area contributed by atoms with Crippen LogP contribution in [0.2, 0.25) is 0 Å². The van der Waals surface area contributed by atoms with Crippen LogP contribution in [0.4, 0.5) is 0 Å². The van der Waals surface area contributed by atoms with Gasteiger partial charge in [0.2, 0.25) is 17.5 Å². The molecule has 3 atom stereocenters. The maximum absolute atomic E-state index is 12.7. The van der Waals surface area contributed by atoms with Crippen molar-refractivity contribution >= 4 is 5.71 Å². The van der Waals surface area contributed by atoms with Gasteiger partial charge in [0.25, 0.3) is 0 Å². The monoisotopic (exact) mass is 294 g/mol. The number of aryl methyl sites for hydroxylation is 1. The fourth-order valence-electron chi connectivity index (χ4n) is 3.87. The normalized spacial score (nSPS) is 36.7. The molecule has 1 aromatic rings. The van der Waals surface area contributed by atoms with Crippen LogP contribution in [0.25, 0.3) is 0 Å². The third-order valence-electron chi connectivity index (χ3n) is 4.99. The number of aliphatic hydroxyl groups is 1. The lowest BCUT2D eigenvalue weighted by atomic mass is 9.76. The first-order chi connectivity index (χ1) is 10.1. The van der Waals surface area contributed by atoms with Gasteiger partial charge in [-0.1, -0.05) is 17.2 Å². The summed E-state index contributed by atoms with van der Waals surface area (Å²) in [6, 6.07) is 0. The lowest BCUT2D eigenvalue weighted by molar-refractivity contribution is -0.531. The minimum Gasteiger partial charge on any atom is -0.623 e. The largest absolute Gasteiger partial charge is 0.623 e. The summed E-state index contributed by atoms with van der Waals surface area (Å²) >= 11 is 0. The van der Waals surface area contributed by atoms with Gasteiger partial charge in [-0.2, -0.15) is 4.74 Å². The number of fused-ring (bicyclic) bond motifs is 3. The molecule has 114 valence electrons. The van der Waals surface area contributed by atoms with Crippen LogP contribution in [0, 0.1) is 11.1 Å². The molecule has 4 rings (SSSR count). The summed E-state index contributed by atoms with van der Waals surface area (Å²) in [7, 11) is 0. The van der Waals surface area contributed by atoms with E-state index < -0.39 is 11.8 Å². The molecule has 2 aliphatic heterocycles. The second-order valence-corrected chi connectivity index (χ2v) is 5.95. The zero-order valence-corrected chi connectivity index (χ0v) is 11.9. The van der Waals surface area contributed by atoms with Gasteiger partial charge in [0.1, 0.15) is 5.69 Å². The molecule has 8 nitrogen and oxygen atoms in total. The molecule has 0 spiro atoms. The van der Waals surface area contributed by atoms with E-state index in [1.807, 2.05) is 6.92 Å². The number of nitrogens with zero attached hydrogens (tertiary/aromatic N) is 4. The lowest BCUT2D eigenvalue weighted by Crippen LogP contribution is -2.51. The fraction of sp³-hybridized carbons (Fsp3) is 0.769. The Morgan fingerprint density at radius 2 is 2.10 bits per heavy atom. The second-order valence-electron chi connectivity index (χ2n) is 5.95. The summed E-state index contributed by atoms with van der Waals surface area (Å²) in [5.41, 5.74) is 0.185. The number of hydrogen-bond acceptors (Lipinski definition) is 7. The molecule has 1 fully saturated rings. The minimum absolute atomic E-state index is 0.297. The Balaban J connectivity index is 1.77. The molecular weight excluding hydrogens is 276 g/mol. The first kappa shape index (κ1) is 13.2. The summed E-state index contributed by atoms with van der Waals surface area (Å²) in [5.74, 6) is -0.297. The van der Waals surface area contributed by atoms with E-state index in [9.17, 15) is 10.3 Å². The highest BCUT2D eigenvalue weighted by molar-refractivity contribution is 5.92. The SMILES string of the molecule is C[C@H]1[C@H](N2CCOCC2)[N+]([O-])=C2CCc3nonc3[C@]21O. The second kappa shape index (κ2) is 4.49. The number of hydrogen-bond donors (Lipinski definition) is 1. The number of aromatic nitrogens is 2. The van der Waals surface area contributed by atoms with Gasteiger partial charge in [-0.3, -0.25) is 0 Å². The molecule has 1 aromatic heterocycles. The molecule has 1 aliphatic carbocycles. The Kier molecular flexibility index (Phi) is 2.82. The lowest BCUT2D eigenvalue weighted by Gasteiger charge is -2.34. The number of morpholine rings is 1. The van der Waals surface area contributed by atoms with Crippen LogP contribution >= 0.6 is 0 Å². The Bertz CT molecular complexity index is 595. The smallest absolute Gasteiger partial charge is 0.226 e. The standard InChI is InChI=1S/C13H18N4O4/c1-8-12(16-4-6-20-7-5-16)17(19)10-3-2-9-11(13(8,10)18)15-21-14-9/h8,12,18H,2-7H2,1H3/t8-,12+,13+/m0/s1. The molecule has 3 aliphatic rings. The zero-order valence-electron chi connectivity index (χ0n) is 11.9. The van der Waals surface area contributed by atoms with Crippen molar-refractivity contribution < 1.29 is 19.2 Å². The summed E-state index contributed by atoms with van der Waals surface area (Å²) in [6.45, 7) is 4.51. The highest BCUT2D eigenvalue weighted by Gasteiger charge is 2.63. The minimum atomic E-state index is -1.36. The molecule has 1 saturated heterocycles. The number of hydroxylamine groups is 1. The Labute approximate surface area is 121 Å². The van der Waals surface area contributed by atoms with E-state index in [2.05, 4.69) is 15.2 Å². The maximum atomic E-state index is 12.7. The molecule has 8 heteroatoms. The third-order valence-corrected chi connectivity index (χ3v) is 4.99. The highest BCUT2D eigenvalue weighted by Crippen LogP contribution is 2.44. The predicted octanol–water partition coefficient (Wildman–Crippen LogP) is -0.537. The molecular formula is C13H18N4O4. The van der Waals surface area contributed by atoms with Crippen LogP contribution in [-0.4, -0.2) is 63.2 Å². The fourth-order valence-corrected chi connectivity index (χ4v) is 3.87. The summed E-state index contributed by atoms with van der Waals surface area (Å²) in [6.07, 6.45) is 0.681. The van der Waals surface area contributed by atoms with Crippen molar-refractivity contribution in [1.29, 1.82) is 0 Å². The predicted molar refractivity (Wildman–Crippen MR) is 70.5 cm³/mol. The van der Waals surface area contributed by atoms with Crippen molar-refractivity contribution in [3.8, 4) is 0 Å². The van der Waals surface area contributed by atoms with E-state index in [1.165, 1.54) is 0 Å². The van der Waals surface area contributed by atoms with Gasteiger partial charge in [-0.25, -0.2) is 9.53 Å². The quantitative estimate of drug-likeness (QED) is 0.549. The van der Waals surface area contributed by atoms with E-state index in [4.69, 9.17) is 9.37 Å². The van der Waals surface area contributed by atoms with Gasteiger partial charge in [-0.05, 0) is 0 Å². The first-order valence-corrected chi connectivity index (χ1v) is 7.32. The molecule has 3 heterocycles. The maximum Gasteiger partial charge on any atom is 0.226 e. The molecule has 0 aromatic carbocycles. The van der Waals surface area contributed by atoms with Gasteiger partial charge in [-0.15, -0.1) is 0 Å². The van der Waals surface area contributed by atoms with Gasteiger partial charge >= 0.3 is 0 Å². The van der Waals surface area contributed by atoms with Crippen LogP contribution in [0.5, 0.6) is 0 Å². The first-order valence-electron chi connectivity index (χ1n) is 7.32. The zero-order chi connectivity index (χ0) is 14.6.